The number of carbonyl (C=O) groups is 1. The van der Waals surface area contributed by atoms with Gasteiger partial charge in [0, 0.05) is 10.0 Å². The monoisotopic (exact) mass is 317 g/mol. The van der Waals surface area contributed by atoms with Gasteiger partial charge in [0.05, 0.1) is 0 Å². The van der Waals surface area contributed by atoms with Crippen LogP contribution in [0.25, 0.3) is 5.57 Å². The summed E-state index contributed by atoms with van der Waals surface area (Å²) in [7, 11) is 0. The minimum Gasteiger partial charge on any atom is -0.477 e. The standard InChI is InChI=1S/C15H12BrNO2/c16-12-8-6-11(7-9-12)13(14(17)15(18)19)10-4-2-1-3-5-10/h1-9H,17H2,(H,18,19). The lowest BCUT2D eigenvalue weighted by molar-refractivity contribution is -0.132. The number of carboxylic acids is 1. The second kappa shape index (κ2) is 5.71. The fourth-order valence-electron chi connectivity index (χ4n) is 1.81. The van der Waals surface area contributed by atoms with Crippen molar-refractivity contribution >= 4 is 27.5 Å². The number of aliphatic carboxylic acids is 1. The topological polar surface area (TPSA) is 63.3 Å². The lowest BCUT2D eigenvalue weighted by atomic mass is 9.96. The van der Waals surface area contributed by atoms with E-state index in [1.54, 1.807) is 0 Å². The van der Waals surface area contributed by atoms with Gasteiger partial charge in [0.2, 0.25) is 0 Å². The molecule has 0 spiro atoms. The van der Waals surface area contributed by atoms with Crippen LogP contribution in [0.2, 0.25) is 0 Å². The summed E-state index contributed by atoms with van der Waals surface area (Å²) in [6.07, 6.45) is 0. The van der Waals surface area contributed by atoms with Crippen LogP contribution >= 0.6 is 15.9 Å². The van der Waals surface area contributed by atoms with E-state index in [-0.39, 0.29) is 5.70 Å². The van der Waals surface area contributed by atoms with Crippen molar-refractivity contribution in [3.63, 3.8) is 0 Å². The number of carboxylic acid groups (broad SMARTS) is 1. The van der Waals surface area contributed by atoms with Crippen molar-refractivity contribution in [2.45, 2.75) is 0 Å². The molecule has 2 rings (SSSR count). The number of benzene rings is 2. The molecule has 3 N–H and O–H groups in total. The molecule has 0 aromatic heterocycles. The Kier molecular flexibility index (Phi) is 4.02. The molecule has 0 radical (unpaired) electrons. The van der Waals surface area contributed by atoms with E-state index >= 15 is 0 Å². The zero-order valence-corrected chi connectivity index (χ0v) is 11.6. The Labute approximate surface area is 119 Å². The van der Waals surface area contributed by atoms with E-state index in [4.69, 9.17) is 10.8 Å². The van der Waals surface area contributed by atoms with Crippen molar-refractivity contribution < 1.29 is 9.90 Å². The van der Waals surface area contributed by atoms with Crippen LogP contribution in [0.4, 0.5) is 0 Å². The summed E-state index contributed by atoms with van der Waals surface area (Å²) in [5.74, 6) is -1.12. The van der Waals surface area contributed by atoms with Gasteiger partial charge in [0.15, 0.2) is 0 Å². The summed E-state index contributed by atoms with van der Waals surface area (Å²) in [6.45, 7) is 0. The molecular weight excluding hydrogens is 306 g/mol. The lowest BCUT2D eigenvalue weighted by Gasteiger charge is -2.10. The fraction of sp³-hybridized carbons (Fsp3) is 0. The van der Waals surface area contributed by atoms with E-state index in [9.17, 15) is 4.79 Å². The highest BCUT2D eigenvalue weighted by Gasteiger charge is 2.14. The van der Waals surface area contributed by atoms with Gasteiger partial charge in [-0.2, -0.15) is 0 Å². The smallest absolute Gasteiger partial charge is 0.352 e. The van der Waals surface area contributed by atoms with Gasteiger partial charge in [-0.1, -0.05) is 58.4 Å². The van der Waals surface area contributed by atoms with Crippen LogP contribution in [0.1, 0.15) is 11.1 Å². The highest BCUT2D eigenvalue weighted by molar-refractivity contribution is 9.10. The van der Waals surface area contributed by atoms with Crippen LogP contribution < -0.4 is 5.73 Å². The van der Waals surface area contributed by atoms with Crippen molar-refractivity contribution in [2.24, 2.45) is 5.73 Å². The summed E-state index contributed by atoms with van der Waals surface area (Å²) in [5, 5.41) is 9.14. The largest absolute Gasteiger partial charge is 0.477 e. The van der Waals surface area contributed by atoms with E-state index in [0.29, 0.717) is 5.57 Å². The van der Waals surface area contributed by atoms with Crippen LogP contribution in [0.15, 0.2) is 64.8 Å². The Hall–Kier alpha value is -2.07. The summed E-state index contributed by atoms with van der Waals surface area (Å²) in [5.41, 5.74) is 7.66. The Morgan fingerprint density at radius 3 is 2.00 bits per heavy atom. The molecule has 0 fully saturated rings. The number of nitrogens with two attached hydrogens (primary N) is 1. The molecule has 0 bridgehead atoms. The van der Waals surface area contributed by atoms with Crippen LogP contribution in [0, 0.1) is 0 Å². The molecule has 3 nitrogen and oxygen atoms in total. The second-order valence-electron chi connectivity index (χ2n) is 3.97. The molecule has 0 aliphatic heterocycles. The third-order valence-corrected chi connectivity index (χ3v) is 3.22. The molecule has 0 saturated carbocycles. The van der Waals surface area contributed by atoms with Gasteiger partial charge in [0.1, 0.15) is 5.70 Å². The summed E-state index contributed by atoms with van der Waals surface area (Å²) in [4.78, 5) is 11.2. The molecule has 0 aliphatic rings. The molecule has 2 aromatic carbocycles. The minimum absolute atomic E-state index is 0.159. The van der Waals surface area contributed by atoms with Crippen LogP contribution in [0.3, 0.4) is 0 Å². The Morgan fingerprint density at radius 1 is 0.947 bits per heavy atom. The van der Waals surface area contributed by atoms with Gasteiger partial charge in [0.25, 0.3) is 0 Å². The molecule has 0 aliphatic carbocycles. The average Bonchev–Trinajstić information content (AvgIpc) is 2.42. The first kappa shape index (κ1) is 13.4. The SMILES string of the molecule is NC(C(=O)O)=C(c1ccccc1)c1ccc(Br)cc1. The number of rotatable bonds is 3. The van der Waals surface area contributed by atoms with Gasteiger partial charge in [-0.05, 0) is 23.3 Å². The predicted molar refractivity (Wildman–Crippen MR) is 78.4 cm³/mol. The molecule has 19 heavy (non-hydrogen) atoms. The molecule has 0 unspecified atom stereocenters. The van der Waals surface area contributed by atoms with Crippen LogP contribution in [0.5, 0.6) is 0 Å². The second-order valence-corrected chi connectivity index (χ2v) is 4.88. The zero-order valence-electron chi connectivity index (χ0n) is 10.0. The number of hydrogen-bond donors (Lipinski definition) is 2. The van der Waals surface area contributed by atoms with Crippen LogP contribution in [-0.2, 0) is 4.79 Å². The van der Waals surface area contributed by atoms with Crippen molar-refractivity contribution in [3.05, 3.63) is 75.9 Å². The number of halogens is 1. The first-order chi connectivity index (χ1) is 9.09. The minimum atomic E-state index is -1.12. The normalized spacial score (nSPS) is 11.8. The molecule has 96 valence electrons. The Bertz CT molecular complexity index is 618. The first-order valence-electron chi connectivity index (χ1n) is 5.64. The van der Waals surface area contributed by atoms with Crippen molar-refractivity contribution in [1.29, 1.82) is 0 Å². The maximum atomic E-state index is 11.2. The molecule has 2 aromatic rings. The van der Waals surface area contributed by atoms with Crippen LogP contribution in [-0.4, -0.2) is 11.1 Å². The highest BCUT2D eigenvalue weighted by Crippen LogP contribution is 2.26. The highest BCUT2D eigenvalue weighted by atomic mass is 79.9. The fourth-order valence-corrected chi connectivity index (χ4v) is 2.07. The molecule has 0 amide bonds. The maximum Gasteiger partial charge on any atom is 0.352 e. The third kappa shape index (κ3) is 3.03. The quantitative estimate of drug-likeness (QED) is 0.854. The Balaban J connectivity index is 2.63. The Morgan fingerprint density at radius 2 is 1.47 bits per heavy atom. The third-order valence-electron chi connectivity index (χ3n) is 2.70. The summed E-state index contributed by atoms with van der Waals surface area (Å²) < 4.78 is 0.928. The summed E-state index contributed by atoms with van der Waals surface area (Å²) >= 11 is 3.35. The van der Waals surface area contributed by atoms with Crippen molar-refractivity contribution in [2.75, 3.05) is 0 Å². The van der Waals surface area contributed by atoms with Gasteiger partial charge < -0.3 is 10.8 Å². The van der Waals surface area contributed by atoms with Crippen molar-refractivity contribution in [3.8, 4) is 0 Å². The first-order valence-corrected chi connectivity index (χ1v) is 6.43. The lowest BCUT2D eigenvalue weighted by Crippen LogP contribution is -2.13. The molecular formula is C15H12BrNO2. The van der Waals surface area contributed by atoms with E-state index in [1.165, 1.54) is 0 Å². The van der Waals surface area contributed by atoms with E-state index in [0.717, 1.165) is 15.6 Å². The van der Waals surface area contributed by atoms with E-state index in [1.807, 2.05) is 54.6 Å². The molecule has 4 heteroatoms. The predicted octanol–water partition coefficient (Wildman–Crippen LogP) is 3.25. The summed E-state index contributed by atoms with van der Waals surface area (Å²) in [6, 6.07) is 16.6. The van der Waals surface area contributed by atoms with Gasteiger partial charge >= 0.3 is 5.97 Å². The molecule has 0 heterocycles. The van der Waals surface area contributed by atoms with Crippen molar-refractivity contribution in [1.82, 2.24) is 0 Å². The molecule has 0 atom stereocenters. The van der Waals surface area contributed by atoms with Gasteiger partial charge in [-0.15, -0.1) is 0 Å². The zero-order chi connectivity index (χ0) is 13.8. The average molecular weight is 318 g/mol. The molecule has 0 saturated heterocycles. The van der Waals surface area contributed by atoms with E-state index < -0.39 is 5.97 Å². The van der Waals surface area contributed by atoms with Gasteiger partial charge in [-0.3, -0.25) is 0 Å². The number of hydrogen-bond acceptors (Lipinski definition) is 2. The van der Waals surface area contributed by atoms with E-state index in [2.05, 4.69) is 15.9 Å². The van der Waals surface area contributed by atoms with Gasteiger partial charge in [-0.25, -0.2) is 4.79 Å². The maximum absolute atomic E-state index is 11.2.